The first kappa shape index (κ1) is 31.4. The van der Waals surface area contributed by atoms with Gasteiger partial charge in [-0.1, -0.05) is 0 Å². The van der Waals surface area contributed by atoms with Crippen LogP contribution in [0.4, 0.5) is 0 Å². The van der Waals surface area contributed by atoms with Crippen LogP contribution in [-0.2, 0) is 33.0 Å². The quantitative estimate of drug-likeness (QED) is 0.241. The Morgan fingerprint density at radius 1 is 0.891 bits per heavy atom. The van der Waals surface area contributed by atoms with Crippen LogP contribution in [0.2, 0.25) is 0 Å². The largest absolute Gasteiger partial charge is 0.525 e. The van der Waals surface area contributed by atoms with Crippen LogP contribution in [0.15, 0.2) is 24.3 Å². The molecule has 0 spiro atoms. The Morgan fingerprint density at radius 3 is 2.22 bits per heavy atom. The van der Waals surface area contributed by atoms with Gasteiger partial charge in [-0.05, 0) is 47.9 Å². The Labute approximate surface area is 262 Å². The fourth-order valence-electron chi connectivity index (χ4n) is 6.93. The van der Waals surface area contributed by atoms with Gasteiger partial charge in [0.1, 0.15) is 24.4 Å². The zero-order chi connectivity index (χ0) is 32.5. The van der Waals surface area contributed by atoms with Crippen molar-refractivity contribution in [1.29, 1.82) is 0 Å². The molecule has 6 unspecified atom stereocenters. The topological polar surface area (TPSA) is 207 Å². The summed E-state index contributed by atoms with van der Waals surface area (Å²) in [6.07, 6.45) is -7.18. The molecule has 1 aliphatic carbocycles. The van der Waals surface area contributed by atoms with E-state index in [4.69, 9.17) is 47.2 Å². The van der Waals surface area contributed by atoms with Crippen LogP contribution in [0.5, 0.6) is 28.7 Å². The highest BCUT2D eigenvalue weighted by molar-refractivity contribution is 7.46. The molecule has 4 N–H and O–H groups in total. The van der Waals surface area contributed by atoms with E-state index in [0.717, 1.165) is 0 Å². The molecule has 0 amide bonds. The molecule has 0 radical (unpaired) electrons. The Hall–Kier alpha value is -3.18. The van der Waals surface area contributed by atoms with Gasteiger partial charge < -0.3 is 57.4 Å². The number of fused-ring (bicyclic) bond motifs is 4. The highest BCUT2D eigenvalue weighted by Gasteiger charge is 2.56. The third-order valence-corrected chi connectivity index (χ3v) is 9.36. The van der Waals surface area contributed by atoms with Gasteiger partial charge in [-0.25, -0.2) is 4.57 Å². The lowest BCUT2D eigenvalue weighted by atomic mass is 9.66. The number of benzene rings is 2. The molecular formula is C29H33O16P. The second-order valence-corrected chi connectivity index (χ2v) is 12.7. The molecule has 2 aromatic carbocycles. The minimum atomic E-state index is -5.00. The number of ether oxygens (including phenoxy) is 9. The van der Waals surface area contributed by atoms with E-state index in [1.165, 1.54) is 26.4 Å². The zero-order valence-electron chi connectivity index (χ0n) is 24.8. The lowest BCUT2D eigenvalue weighted by Crippen LogP contribution is -2.63. The molecular weight excluding hydrogens is 635 g/mol. The molecule has 4 heterocycles. The molecule has 4 aliphatic heterocycles. The second-order valence-electron chi connectivity index (χ2n) is 11.6. The molecule has 7 rings (SSSR count). The van der Waals surface area contributed by atoms with E-state index in [1.807, 2.05) is 0 Å². The summed E-state index contributed by atoms with van der Waals surface area (Å²) in [7, 11) is -2.40. The first-order chi connectivity index (χ1) is 22.0. The molecule has 17 heteroatoms. The van der Waals surface area contributed by atoms with Gasteiger partial charge in [0, 0.05) is 11.8 Å². The molecule has 5 aliphatic rings. The standard InChI is InChI=1S/C29H33O16P/c1-11-38-9-20-27(42-11)23(30)24(31)29(43-20)44-25-14-7-17-16(40-10-41-17)6-13(14)21(22-15(25)8-39-28(22)32)12-4-18(36-2)26(19(5-12)37-3)45-46(33,34)35/h4-7,11,15,20-25,27,29-31H,8-10H2,1-3H3,(H2,33,34,35)/t11?,15-,20?,21+,22-,23?,24?,25+,27?,29?/m1/s1. The Kier molecular flexibility index (Phi) is 8.07. The van der Waals surface area contributed by atoms with Crippen molar-refractivity contribution < 1.29 is 76.5 Å². The van der Waals surface area contributed by atoms with Crippen LogP contribution in [-0.4, -0.2) is 97.2 Å². The molecule has 3 saturated heterocycles. The van der Waals surface area contributed by atoms with Crippen LogP contribution >= 0.6 is 7.82 Å². The van der Waals surface area contributed by atoms with Crippen LogP contribution in [0, 0.1) is 11.8 Å². The van der Waals surface area contributed by atoms with E-state index in [0.29, 0.717) is 28.2 Å². The van der Waals surface area contributed by atoms with E-state index in [2.05, 4.69) is 0 Å². The first-order valence-electron chi connectivity index (χ1n) is 14.5. The van der Waals surface area contributed by atoms with Gasteiger partial charge in [0.2, 0.25) is 12.5 Å². The maximum absolute atomic E-state index is 13.5. The molecule has 46 heavy (non-hydrogen) atoms. The molecule has 3 fully saturated rings. The molecule has 0 aromatic heterocycles. The van der Waals surface area contributed by atoms with Gasteiger partial charge >= 0.3 is 13.8 Å². The van der Waals surface area contributed by atoms with Crippen molar-refractivity contribution in [2.75, 3.05) is 34.2 Å². The van der Waals surface area contributed by atoms with Crippen molar-refractivity contribution in [2.45, 2.75) is 55.9 Å². The van der Waals surface area contributed by atoms with Crippen molar-refractivity contribution in [3.05, 3.63) is 41.0 Å². The summed E-state index contributed by atoms with van der Waals surface area (Å²) < 4.78 is 68.1. The summed E-state index contributed by atoms with van der Waals surface area (Å²) in [5.74, 6) is -2.25. The van der Waals surface area contributed by atoms with Gasteiger partial charge in [0.25, 0.3) is 0 Å². The number of hydrogen-bond acceptors (Lipinski definition) is 14. The highest BCUT2D eigenvalue weighted by atomic mass is 31.2. The van der Waals surface area contributed by atoms with Crippen molar-refractivity contribution in [2.24, 2.45) is 11.8 Å². The van der Waals surface area contributed by atoms with E-state index >= 15 is 0 Å². The van der Waals surface area contributed by atoms with Gasteiger partial charge in [0.05, 0.1) is 39.5 Å². The van der Waals surface area contributed by atoms with Gasteiger partial charge in [-0.3, -0.25) is 14.6 Å². The summed E-state index contributed by atoms with van der Waals surface area (Å²) >= 11 is 0. The Morgan fingerprint density at radius 2 is 1.57 bits per heavy atom. The lowest BCUT2D eigenvalue weighted by molar-refractivity contribution is -0.364. The number of aliphatic hydroxyl groups is 2. The smallest absolute Gasteiger partial charge is 0.493 e. The number of phosphoric ester groups is 1. The predicted octanol–water partition coefficient (Wildman–Crippen LogP) is 1.10. The van der Waals surface area contributed by atoms with E-state index in [1.54, 1.807) is 19.1 Å². The summed E-state index contributed by atoms with van der Waals surface area (Å²) in [4.78, 5) is 32.5. The summed E-state index contributed by atoms with van der Waals surface area (Å²) in [6, 6.07) is 6.47. The zero-order valence-corrected chi connectivity index (χ0v) is 25.7. The summed E-state index contributed by atoms with van der Waals surface area (Å²) in [5, 5.41) is 22.0. The number of rotatable bonds is 7. The SMILES string of the molecule is COc1cc([C@H]2c3cc4c(cc3[C@H](OC3OC5COC(C)OC5C(O)C3O)[C@@H]3COC(=O)[C@@H]23)OCO4)cc(OC)c1OP(=O)(O)O. The maximum atomic E-state index is 13.5. The number of phosphoric acid groups is 1. The monoisotopic (exact) mass is 668 g/mol. The number of cyclic esters (lactones) is 1. The van der Waals surface area contributed by atoms with Crippen LogP contribution in [0.25, 0.3) is 0 Å². The number of hydrogen-bond donors (Lipinski definition) is 4. The number of aliphatic hydroxyl groups excluding tert-OH is 2. The fraction of sp³-hybridized carbons (Fsp3) is 0.552. The van der Waals surface area contributed by atoms with Gasteiger partial charge in [-0.2, -0.15) is 0 Å². The van der Waals surface area contributed by atoms with Crippen LogP contribution in [0.3, 0.4) is 0 Å². The van der Waals surface area contributed by atoms with Crippen LogP contribution < -0.4 is 23.5 Å². The molecule has 0 bridgehead atoms. The van der Waals surface area contributed by atoms with Crippen LogP contribution in [0.1, 0.15) is 35.6 Å². The van der Waals surface area contributed by atoms with Crippen molar-refractivity contribution >= 4 is 13.8 Å². The third-order valence-electron chi connectivity index (χ3n) is 8.94. The minimum absolute atomic E-state index is 0.0303. The molecule has 2 aromatic rings. The highest BCUT2D eigenvalue weighted by Crippen LogP contribution is 2.57. The number of carbonyl (C=O) groups is 1. The fourth-order valence-corrected chi connectivity index (χ4v) is 7.35. The number of carbonyl (C=O) groups excluding carboxylic acids is 1. The number of esters is 1. The van der Waals surface area contributed by atoms with E-state index < -0.39 is 74.6 Å². The van der Waals surface area contributed by atoms with Crippen molar-refractivity contribution in [1.82, 2.24) is 0 Å². The molecule has 16 nitrogen and oxygen atoms in total. The molecule has 250 valence electrons. The Bertz CT molecular complexity index is 1530. The average Bonchev–Trinajstić information content (AvgIpc) is 3.64. The Balaban J connectivity index is 1.32. The molecule has 10 atom stereocenters. The summed E-state index contributed by atoms with van der Waals surface area (Å²) in [5.41, 5.74) is 1.65. The number of methoxy groups -OCH3 is 2. The van der Waals surface area contributed by atoms with Crippen molar-refractivity contribution in [3.63, 3.8) is 0 Å². The van der Waals surface area contributed by atoms with Gasteiger partial charge in [-0.15, -0.1) is 0 Å². The molecule has 0 saturated carbocycles. The third kappa shape index (κ3) is 5.37. The van der Waals surface area contributed by atoms with E-state index in [-0.39, 0.29) is 37.3 Å². The predicted molar refractivity (Wildman–Crippen MR) is 149 cm³/mol. The second kappa shape index (κ2) is 11.8. The average molecular weight is 669 g/mol. The maximum Gasteiger partial charge on any atom is 0.525 e. The first-order valence-corrected chi connectivity index (χ1v) is 16.1. The minimum Gasteiger partial charge on any atom is -0.493 e. The summed E-state index contributed by atoms with van der Waals surface area (Å²) in [6.45, 7) is 1.72. The van der Waals surface area contributed by atoms with Gasteiger partial charge in [0.15, 0.2) is 35.6 Å². The normalized spacial score (nSPS) is 34.6. The lowest BCUT2D eigenvalue weighted by Gasteiger charge is -2.47. The van der Waals surface area contributed by atoms with E-state index in [9.17, 15) is 29.4 Å². The van der Waals surface area contributed by atoms with Crippen molar-refractivity contribution in [3.8, 4) is 28.7 Å².